The molecule has 1 aliphatic rings. The molecule has 2 N–H and O–H groups in total. The van der Waals surface area contributed by atoms with Gasteiger partial charge in [0, 0.05) is 0 Å². The van der Waals surface area contributed by atoms with Gasteiger partial charge in [-0.3, -0.25) is 4.79 Å². The van der Waals surface area contributed by atoms with Crippen molar-refractivity contribution in [2.24, 2.45) is 5.92 Å². The summed E-state index contributed by atoms with van der Waals surface area (Å²) in [5.74, 6) is -1.74. The molecule has 1 aliphatic heterocycles. The molecule has 0 radical (unpaired) electrons. The summed E-state index contributed by atoms with van der Waals surface area (Å²) in [5, 5.41) is 11.4. The lowest BCUT2D eigenvalue weighted by atomic mass is 9.99. The minimum Gasteiger partial charge on any atom is -0.494 e. The molecule has 1 heterocycles. The van der Waals surface area contributed by atoms with Crippen LogP contribution < -0.4 is 5.32 Å². The molecule has 0 fully saturated rings. The van der Waals surface area contributed by atoms with Crippen molar-refractivity contribution in [1.29, 1.82) is 0 Å². The monoisotopic (exact) mass is 243 g/mol. The van der Waals surface area contributed by atoms with Crippen molar-refractivity contribution < 1.29 is 24.2 Å². The predicted molar refractivity (Wildman–Crippen MR) is 59.0 cm³/mol. The van der Waals surface area contributed by atoms with Crippen molar-refractivity contribution in [3.8, 4) is 0 Å². The molecule has 0 aromatic carbocycles. The number of carboxylic acids is 1. The Bertz CT molecular complexity index is 326. The van der Waals surface area contributed by atoms with E-state index in [0.717, 1.165) is 0 Å². The van der Waals surface area contributed by atoms with E-state index in [1.165, 1.54) is 6.26 Å². The first-order chi connectivity index (χ1) is 8.06. The number of carbonyl (C=O) groups excluding carboxylic acids is 1. The number of carboxylic acid groups (broad SMARTS) is 1. The van der Waals surface area contributed by atoms with Gasteiger partial charge >= 0.3 is 5.97 Å². The third-order valence-corrected chi connectivity index (χ3v) is 2.64. The Kier molecular flexibility index (Phi) is 4.81. The number of hydrogen-bond donors (Lipinski definition) is 2. The van der Waals surface area contributed by atoms with Crippen LogP contribution >= 0.6 is 0 Å². The van der Waals surface area contributed by atoms with Crippen LogP contribution in [0.25, 0.3) is 0 Å². The summed E-state index contributed by atoms with van der Waals surface area (Å²) in [6, 6.07) is -0.918. The van der Waals surface area contributed by atoms with Gasteiger partial charge in [0.1, 0.15) is 25.5 Å². The second-order valence-electron chi connectivity index (χ2n) is 3.88. The van der Waals surface area contributed by atoms with Crippen molar-refractivity contribution in [2.45, 2.75) is 26.3 Å². The minimum absolute atomic E-state index is 0.0193. The summed E-state index contributed by atoms with van der Waals surface area (Å²) >= 11 is 0. The number of rotatable bonds is 5. The maximum absolute atomic E-state index is 11.7. The third kappa shape index (κ3) is 3.65. The van der Waals surface area contributed by atoms with Gasteiger partial charge in [0.15, 0.2) is 0 Å². The predicted octanol–water partition coefficient (Wildman–Crippen LogP) is 0.490. The maximum Gasteiger partial charge on any atom is 0.326 e. The van der Waals surface area contributed by atoms with E-state index in [1.54, 1.807) is 6.92 Å². The fraction of sp³-hybridized carbons (Fsp3) is 0.636. The Balaban J connectivity index is 2.63. The largest absolute Gasteiger partial charge is 0.494 e. The van der Waals surface area contributed by atoms with E-state index in [1.807, 2.05) is 6.92 Å². The quantitative estimate of drug-likeness (QED) is 0.734. The van der Waals surface area contributed by atoms with E-state index in [9.17, 15) is 9.59 Å². The summed E-state index contributed by atoms with van der Waals surface area (Å²) in [6.07, 6.45) is 1.86. The van der Waals surface area contributed by atoms with E-state index >= 15 is 0 Å². The molecule has 0 bridgehead atoms. The topological polar surface area (TPSA) is 84.9 Å². The van der Waals surface area contributed by atoms with Gasteiger partial charge in [0.2, 0.25) is 5.76 Å². The molecular weight excluding hydrogens is 226 g/mol. The summed E-state index contributed by atoms with van der Waals surface area (Å²) < 4.78 is 10.0. The van der Waals surface area contributed by atoms with Crippen molar-refractivity contribution in [1.82, 2.24) is 5.32 Å². The average Bonchev–Trinajstić information content (AvgIpc) is 2.35. The smallest absolute Gasteiger partial charge is 0.326 e. The summed E-state index contributed by atoms with van der Waals surface area (Å²) in [7, 11) is 0. The van der Waals surface area contributed by atoms with Crippen LogP contribution in [0.4, 0.5) is 0 Å². The highest BCUT2D eigenvalue weighted by Crippen LogP contribution is 2.10. The van der Waals surface area contributed by atoms with Crippen LogP contribution in [0, 0.1) is 5.92 Å². The highest BCUT2D eigenvalue weighted by atomic mass is 16.6. The number of ether oxygens (including phenoxy) is 2. The van der Waals surface area contributed by atoms with Crippen molar-refractivity contribution in [2.75, 3.05) is 13.2 Å². The molecule has 0 aliphatic carbocycles. The van der Waals surface area contributed by atoms with Gasteiger partial charge in [-0.1, -0.05) is 20.3 Å². The Morgan fingerprint density at radius 3 is 2.71 bits per heavy atom. The highest BCUT2D eigenvalue weighted by Gasteiger charge is 2.27. The van der Waals surface area contributed by atoms with Gasteiger partial charge < -0.3 is 19.9 Å². The molecule has 0 aromatic heterocycles. The van der Waals surface area contributed by atoms with Gasteiger partial charge in [-0.05, 0) is 5.92 Å². The Morgan fingerprint density at radius 1 is 1.53 bits per heavy atom. The van der Waals surface area contributed by atoms with E-state index in [2.05, 4.69) is 5.32 Å². The lowest BCUT2D eigenvalue weighted by Gasteiger charge is -2.21. The molecule has 0 unspecified atom stereocenters. The lowest BCUT2D eigenvalue weighted by molar-refractivity contribution is -0.143. The second kappa shape index (κ2) is 6.12. The number of hydrogen-bond acceptors (Lipinski definition) is 4. The standard InChI is InChI=1S/C11H17NO5/c1-3-7(2)9(11(14)15)12-10(13)8-6-16-4-5-17-8/h6-7,9H,3-5H2,1-2H3,(H,12,13)(H,14,15)/t7-,9-/m0/s1. The molecule has 0 saturated heterocycles. The molecule has 1 rings (SSSR count). The molecule has 1 amide bonds. The van der Waals surface area contributed by atoms with Crippen LogP contribution in [-0.4, -0.2) is 36.2 Å². The molecule has 0 aromatic rings. The first-order valence-corrected chi connectivity index (χ1v) is 5.54. The highest BCUT2D eigenvalue weighted by molar-refractivity contribution is 5.94. The van der Waals surface area contributed by atoms with Gasteiger partial charge in [-0.25, -0.2) is 4.79 Å². The van der Waals surface area contributed by atoms with Crippen LogP contribution in [0.1, 0.15) is 20.3 Å². The zero-order valence-electron chi connectivity index (χ0n) is 9.93. The fourth-order valence-corrected chi connectivity index (χ4v) is 1.38. The molecule has 0 saturated carbocycles. The van der Waals surface area contributed by atoms with Gasteiger partial charge in [-0.15, -0.1) is 0 Å². The molecule has 0 spiro atoms. The van der Waals surface area contributed by atoms with E-state index in [4.69, 9.17) is 14.6 Å². The lowest BCUT2D eigenvalue weighted by Crippen LogP contribution is -2.46. The SMILES string of the molecule is CC[C@H](C)[C@H](NC(=O)C1=COCCO1)C(=O)O. The Morgan fingerprint density at radius 2 is 2.24 bits per heavy atom. The molecule has 6 nitrogen and oxygen atoms in total. The van der Waals surface area contributed by atoms with Crippen molar-refractivity contribution >= 4 is 11.9 Å². The molecule has 2 atom stereocenters. The average molecular weight is 243 g/mol. The van der Waals surface area contributed by atoms with Crippen LogP contribution in [-0.2, 0) is 19.1 Å². The van der Waals surface area contributed by atoms with Gasteiger partial charge in [0.25, 0.3) is 5.91 Å². The molecular formula is C11H17NO5. The van der Waals surface area contributed by atoms with Crippen molar-refractivity contribution in [3.63, 3.8) is 0 Å². The number of aliphatic carboxylic acids is 1. The van der Waals surface area contributed by atoms with Crippen LogP contribution in [0.15, 0.2) is 12.0 Å². The van der Waals surface area contributed by atoms with E-state index < -0.39 is 17.9 Å². The molecule has 17 heavy (non-hydrogen) atoms. The zero-order valence-corrected chi connectivity index (χ0v) is 9.93. The second-order valence-corrected chi connectivity index (χ2v) is 3.88. The normalized spacial score (nSPS) is 18.1. The summed E-state index contributed by atoms with van der Waals surface area (Å²) in [6.45, 7) is 4.32. The van der Waals surface area contributed by atoms with Crippen molar-refractivity contribution in [3.05, 3.63) is 12.0 Å². The maximum atomic E-state index is 11.7. The Hall–Kier alpha value is -1.72. The molecule has 96 valence electrons. The zero-order chi connectivity index (χ0) is 12.8. The number of nitrogens with one attached hydrogen (secondary N) is 1. The first kappa shape index (κ1) is 13.3. The number of amides is 1. The fourth-order valence-electron chi connectivity index (χ4n) is 1.38. The van der Waals surface area contributed by atoms with Crippen LogP contribution in [0.2, 0.25) is 0 Å². The van der Waals surface area contributed by atoms with Crippen LogP contribution in [0.5, 0.6) is 0 Å². The van der Waals surface area contributed by atoms with Gasteiger partial charge in [0.05, 0.1) is 0 Å². The number of carbonyl (C=O) groups is 2. The van der Waals surface area contributed by atoms with E-state index in [-0.39, 0.29) is 11.7 Å². The minimum atomic E-state index is -1.05. The summed E-state index contributed by atoms with van der Waals surface area (Å²) in [4.78, 5) is 22.7. The first-order valence-electron chi connectivity index (χ1n) is 5.54. The molecule has 6 heteroatoms. The third-order valence-electron chi connectivity index (χ3n) is 2.64. The van der Waals surface area contributed by atoms with Crippen LogP contribution in [0.3, 0.4) is 0 Å². The summed E-state index contributed by atoms with van der Waals surface area (Å²) in [5.41, 5.74) is 0. The van der Waals surface area contributed by atoms with E-state index in [0.29, 0.717) is 19.6 Å². The Labute approximate surface area is 99.6 Å². The van der Waals surface area contributed by atoms with Gasteiger partial charge in [-0.2, -0.15) is 0 Å².